The highest BCUT2D eigenvalue weighted by molar-refractivity contribution is 6.11. The van der Waals surface area contributed by atoms with E-state index in [0.29, 0.717) is 0 Å². The number of rotatable bonds is 3. The highest BCUT2D eigenvalue weighted by Gasteiger charge is 2.33. The van der Waals surface area contributed by atoms with Gasteiger partial charge in [0.2, 0.25) is 5.91 Å². The van der Waals surface area contributed by atoms with Crippen LogP contribution in [0.4, 0.5) is 14.5 Å². The Morgan fingerprint density at radius 1 is 1.37 bits per heavy atom. The van der Waals surface area contributed by atoms with Crippen molar-refractivity contribution < 1.29 is 18.8 Å². The Balaban J connectivity index is 3.04. The van der Waals surface area contributed by atoms with Crippen LogP contribution in [0.15, 0.2) is 17.3 Å². The van der Waals surface area contributed by atoms with Gasteiger partial charge in [-0.2, -0.15) is 0 Å². The molecule has 0 heterocycles. The van der Waals surface area contributed by atoms with Gasteiger partial charge in [0.1, 0.15) is 17.0 Å². The van der Waals surface area contributed by atoms with Crippen molar-refractivity contribution in [1.29, 1.82) is 0 Å². The van der Waals surface area contributed by atoms with Gasteiger partial charge < -0.3 is 16.3 Å². The van der Waals surface area contributed by atoms with E-state index in [1.165, 1.54) is 20.8 Å². The van der Waals surface area contributed by atoms with E-state index < -0.39 is 23.0 Å². The lowest BCUT2D eigenvalue weighted by molar-refractivity contribution is -0.121. The average Bonchev–Trinajstić information content (AvgIpc) is 2.34. The fraction of sp³-hybridized carbons (Fsp3) is 0.333. The molecule has 19 heavy (non-hydrogen) atoms. The third kappa shape index (κ3) is 2.98. The van der Waals surface area contributed by atoms with E-state index in [1.807, 2.05) is 0 Å². The van der Waals surface area contributed by atoms with Crippen molar-refractivity contribution >= 4 is 17.4 Å². The Morgan fingerprint density at radius 3 is 2.47 bits per heavy atom. The number of halogens is 2. The van der Waals surface area contributed by atoms with Gasteiger partial charge in [0.15, 0.2) is 5.84 Å². The van der Waals surface area contributed by atoms with Crippen molar-refractivity contribution in [3.63, 3.8) is 0 Å². The van der Waals surface area contributed by atoms with Gasteiger partial charge in [0, 0.05) is 6.07 Å². The molecular formula is C12H15F2N3O2. The molecule has 1 aromatic carbocycles. The lowest BCUT2D eigenvalue weighted by Gasteiger charge is -2.22. The van der Waals surface area contributed by atoms with Gasteiger partial charge in [0.25, 0.3) is 0 Å². The average molecular weight is 271 g/mol. The fourth-order valence-corrected chi connectivity index (χ4v) is 1.26. The van der Waals surface area contributed by atoms with Crippen LogP contribution in [0, 0.1) is 24.0 Å². The normalized spacial score (nSPS) is 12.4. The van der Waals surface area contributed by atoms with Gasteiger partial charge in [-0.25, -0.2) is 8.78 Å². The zero-order valence-electron chi connectivity index (χ0n) is 10.8. The van der Waals surface area contributed by atoms with Gasteiger partial charge in [0.05, 0.1) is 5.69 Å². The number of carbonyl (C=O) groups excluding carboxylic acids is 1. The molecule has 0 aliphatic heterocycles. The Hall–Kier alpha value is -2.18. The van der Waals surface area contributed by atoms with Crippen molar-refractivity contribution in [3.8, 4) is 0 Å². The molecule has 0 bridgehead atoms. The number of oxime groups is 1. The molecule has 1 rings (SSSR count). The Kier molecular flexibility index (Phi) is 4.08. The highest BCUT2D eigenvalue weighted by Crippen LogP contribution is 2.23. The number of hydrogen-bond donors (Lipinski definition) is 3. The number of nitrogens with two attached hydrogens (primary N) is 1. The molecule has 1 aromatic rings. The van der Waals surface area contributed by atoms with Crippen LogP contribution >= 0.6 is 0 Å². The van der Waals surface area contributed by atoms with Crippen LogP contribution in [0.1, 0.15) is 19.4 Å². The summed E-state index contributed by atoms with van der Waals surface area (Å²) in [6.07, 6.45) is 0. The van der Waals surface area contributed by atoms with Crippen molar-refractivity contribution in [2.45, 2.75) is 20.8 Å². The van der Waals surface area contributed by atoms with Crippen molar-refractivity contribution in [2.24, 2.45) is 16.3 Å². The topological polar surface area (TPSA) is 87.7 Å². The minimum absolute atomic E-state index is 0.131. The third-order valence-corrected chi connectivity index (χ3v) is 2.81. The molecule has 0 saturated heterocycles. The number of anilines is 1. The second-order valence-electron chi connectivity index (χ2n) is 4.65. The van der Waals surface area contributed by atoms with E-state index >= 15 is 0 Å². The molecule has 0 radical (unpaired) electrons. The summed E-state index contributed by atoms with van der Waals surface area (Å²) in [7, 11) is 0. The van der Waals surface area contributed by atoms with E-state index in [4.69, 9.17) is 10.9 Å². The summed E-state index contributed by atoms with van der Waals surface area (Å²) < 4.78 is 26.9. The number of benzene rings is 1. The van der Waals surface area contributed by atoms with E-state index in [0.717, 1.165) is 12.1 Å². The number of nitrogens with one attached hydrogen (secondary N) is 1. The lowest BCUT2D eigenvalue weighted by Crippen LogP contribution is -2.42. The first-order chi connectivity index (χ1) is 8.70. The monoisotopic (exact) mass is 271 g/mol. The zero-order valence-corrected chi connectivity index (χ0v) is 10.8. The molecule has 7 heteroatoms. The van der Waals surface area contributed by atoms with Crippen LogP contribution in [-0.4, -0.2) is 17.0 Å². The number of amides is 1. The van der Waals surface area contributed by atoms with Crippen LogP contribution in [0.25, 0.3) is 0 Å². The first-order valence-corrected chi connectivity index (χ1v) is 5.45. The van der Waals surface area contributed by atoms with Gasteiger partial charge in [-0.3, -0.25) is 4.79 Å². The number of carbonyl (C=O) groups is 1. The molecule has 0 fully saturated rings. The quantitative estimate of drug-likeness (QED) is 0.340. The SMILES string of the molecule is Cc1cc(F)c(NC(=O)C(C)(C)/C(N)=N/O)cc1F. The summed E-state index contributed by atoms with van der Waals surface area (Å²) in [5, 5.41) is 13.5. The standard InChI is InChI=1S/C12H15F2N3O2/c1-6-4-8(14)9(5-7(6)13)16-11(18)12(2,3)10(15)17-19/h4-5,19H,1-3H3,(H2,15,17)(H,16,18). The second kappa shape index (κ2) is 5.21. The second-order valence-corrected chi connectivity index (χ2v) is 4.65. The van der Waals surface area contributed by atoms with Crippen molar-refractivity contribution in [2.75, 3.05) is 5.32 Å². The number of amidine groups is 1. The number of aryl methyl sites for hydroxylation is 1. The molecule has 1 amide bonds. The van der Waals surface area contributed by atoms with Crippen LogP contribution < -0.4 is 11.1 Å². The lowest BCUT2D eigenvalue weighted by atomic mass is 9.91. The minimum atomic E-state index is -1.36. The molecule has 0 unspecified atom stereocenters. The molecule has 0 aromatic heterocycles. The molecule has 0 aliphatic rings. The predicted molar refractivity (Wildman–Crippen MR) is 66.9 cm³/mol. The largest absolute Gasteiger partial charge is 0.409 e. The maximum absolute atomic E-state index is 13.6. The van der Waals surface area contributed by atoms with Gasteiger partial charge >= 0.3 is 0 Å². The minimum Gasteiger partial charge on any atom is -0.409 e. The summed E-state index contributed by atoms with van der Waals surface area (Å²) in [6, 6.07) is 1.85. The first kappa shape index (κ1) is 14.9. The summed E-state index contributed by atoms with van der Waals surface area (Å²) >= 11 is 0. The smallest absolute Gasteiger partial charge is 0.237 e. The molecule has 0 atom stereocenters. The first-order valence-electron chi connectivity index (χ1n) is 5.45. The van der Waals surface area contributed by atoms with Gasteiger partial charge in [-0.1, -0.05) is 5.16 Å². The predicted octanol–water partition coefficient (Wildman–Crippen LogP) is 1.98. The van der Waals surface area contributed by atoms with Gasteiger partial charge in [-0.05, 0) is 32.4 Å². The molecule has 4 N–H and O–H groups in total. The maximum atomic E-state index is 13.6. The fourth-order valence-electron chi connectivity index (χ4n) is 1.26. The molecule has 0 saturated carbocycles. The van der Waals surface area contributed by atoms with E-state index in [-0.39, 0.29) is 17.1 Å². The highest BCUT2D eigenvalue weighted by atomic mass is 19.1. The third-order valence-electron chi connectivity index (χ3n) is 2.81. The molecule has 0 spiro atoms. The van der Waals surface area contributed by atoms with Crippen molar-refractivity contribution in [1.82, 2.24) is 0 Å². The van der Waals surface area contributed by atoms with E-state index in [9.17, 15) is 13.6 Å². The molecular weight excluding hydrogens is 256 g/mol. The number of hydrogen-bond acceptors (Lipinski definition) is 3. The Labute approximate surface area is 109 Å². The van der Waals surface area contributed by atoms with E-state index in [1.54, 1.807) is 0 Å². The summed E-state index contributed by atoms with van der Waals surface area (Å²) in [6.45, 7) is 4.18. The zero-order chi connectivity index (χ0) is 14.8. The maximum Gasteiger partial charge on any atom is 0.237 e. The van der Waals surface area contributed by atoms with Gasteiger partial charge in [-0.15, -0.1) is 0 Å². The van der Waals surface area contributed by atoms with E-state index in [2.05, 4.69) is 10.5 Å². The van der Waals surface area contributed by atoms with Crippen LogP contribution in [-0.2, 0) is 4.79 Å². The molecule has 0 aliphatic carbocycles. The Bertz CT molecular complexity index is 542. The number of nitrogens with zero attached hydrogens (tertiary/aromatic N) is 1. The summed E-state index contributed by atoms with van der Waals surface area (Å²) in [5.74, 6) is -2.45. The van der Waals surface area contributed by atoms with Crippen LogP contribution in [0.2, 0.25) is 0 Å². The van der Waals surface area contributed by atoms with Crippen LogP contribution in [0.5, 0.6) is 0 Å². The van der Waals surface area contributed by atoms with Crippen molar-refractivity contribution in [3.05, 3.63) is 29.3 Å². The summed E-state index contributed by atoms with van der Waals surface area (Å²) in [4.78, 5) is 11.9. The molecule has 5 nitrogen and oxygen atoms in total. The molecule has 104 valence electrons. The Morgan fingerprint density at radius 2 is 1.95 bits per heavy atom. The summed E-state index contributed by atoms with van der Waals surface area (Å²) in [5.41, 5.74) is 3.84. The van der Waals surface area contributed by atoms with Crippen LogP contribution in [0.3, 0.4) is 0 Å².